The van der Waals surface area contributed by atoms with E-state index in [2.05, 4.69) is 5.32 Å². The highest BCUT2D eigenvalue weighted by atomic mass is 32.2. The van der Waals surface area contributed by atoms with Gasteiger partial charge in [0.05, 0.1) is 39.1 Å². The van der Waals surface area contributed by atoms with Crippen LogP contribution in [0, 0.1) is 0 Å². The Balaban J connectivity index is 2.05. The van der Waals surface area contributed by atoms with Crippen LogP contribution in [-0.2, 0) is 21.4 Å². The maximum absolute atomic E-state index is 12.4. The van der Waals surface area contributed by atoms with Crippen molar-refractivity contribution in [2.75, 3.05) is 27.0 Å². The Labute approximate surface area is 155 Å². The van der Waals surface area contributed by atoms with Gasteiger partial charge < -0.3 is 14.8 Å². The Bertz CT molecular complexity index is 692. The smallest absolute Gasteiger partial charge is 0.235 e. The van der Waals surface area contributed by atoms with Crippen molar-refractivity contribution in [1.82, 2.24) is 9.62 Å². The molecule has 1 aliphatic carbocycles. The molecule has 0 atom stereocenters. The minimum Gasteiger partial charge on any atom is -0.496 e. The van der Waals surface area contributed by atoms with E-state index in [0.717, 1.165) is 43.9 Å². The summed E-state index contributed by atoms with van der Waals surface area (Å²) in [6.07, 6.45) is 5.89. The van der Waals surface area contributed by atoms with Crippen LogP contribution in [0.4, 0.5) is 0 Å². The number of methoxy groups -OCH3 is 2. The van der Waals surface area contributed by atoms with Gasteiger partial charge in [0, 0.05) is 6.04 Å². The lowest BCUT2D eigenvalue weighted by atomic mass is 9.95. The number of benzene rings is 1. The molecule has 7 nitrogen and oxygen atoms in total. The van der Waals surface area contributed by atoms with E-state index in [1.54, 1.807) is 32.4 Å². The highest BCUT2D eigenvalue weighted by molar-refractivity contribution is 7.88. The van der Waals surface area contributed by atoms with Crippen molar-refractivity contribution >= 4 is 15.9 Å². The molecule has 2 rings (SSSR count). The molecule has 0 spiro atoms. The first kappa shape index (κ1) is 20.5. The number of nitrogens with zero attached hydrogens (tertiary/aromatic N) is 1. The third kappa shape index (κ3) is 5.35. The zero-order valence-corrected chi connectivity index (χ0v) is 16.5. The van der Waals surface area contributed by atoms with Gasteiger partial charge in [-0.3, -0.25) is 4.79 Å². The number of rotatable bonds is 8. The molecule has 0 aromatic heterocycles. The largest absolute Gasteiger partial charge is 0.496 e. The summed E-state index contributed by atoms with van der Waals surface area (Å²) in [5.41, 5.74) is 0.717. The summed E-state index contributed by atoms with van der Waals surface area (Å²) in [7, 11) is -0.345. The fraction of sp³-hybridized carbons (Fsp3) is 0.611. The molecule has 0 bridgehead atoms. The Morgan fingerprint density at radius 1 is 1.15 bits per heavy atom. The van der Waals surface area contributed by atoms with E-state index in [0.29, 0.717) is 11.5 Å². The van der Waals surface area contributed by atoms with E-state index >= 15 is 0 Å². The van der Waals surface area contributed by atoms with Crippen molar-refractivity contribution in [3.05, 3.63) is 23.8 Å². The quantitative estimate of drug-likeness (QED) is 0.740. The first-order valence-corrected chi connectivity index (χ1v) is 10.6. The average molecular weight is 384 g/mol. The Kier molecular flexibility index (Phi) is 7.28. The summed E-state index contributed by atoms with van der Waals surface area (Å²) in [6.45, 7) is 0.0370. The lowest BCUT2D eigenvalue weighted by molar-refractivity contribution is -0.121. The molecule has 0 aliphatic heterocycles. The molecule has 26 heavy (non-hydrogen) atoms. The van der Waals surface area contributed by atoms with Crippen molar-refractivity contribution < 1.29 is 22.7 Å². The molecule has 0 radical (unpaired) electrons. The number of hydrogen-bond acceptors (Lipinski definition) is 5. The maximum Gasteiger partial charge on any atom is 0.235 e. The van der Waals surface area contributed by atoms with E-state index in [4.69, 9.17) is 9.47 Å². The summed E-state index contributed by atoms with van der Waals surface area (Å²) in [4.78, 5) is 12.4. The fourth-order valence-electron chi connectivity index (χ4n) is 3.37. The van der Waals surface area contributed by atoms with E-state index < -0.39 is 10.0 Å². The number of amides is 1. The molecule has 1 aliphatic rings. The van der Waals surface area contributed by atoms with Crippen LogP contribution in [0.25, 0.3) is 0 Å². The molecule has 8 heteroatoms. The minimum atomic E-state index is -3.45. The fourth-order valence-corrected chi connectivity index (χ4v) is 4.48. The summed E-state index contributed by atoms with van der Waals surface area (Å²) in [6, 6.07) is 5.28. The first-order valence-electron chi connectivity index (χ1n) is 8.80. The van der Waals surface area contributed by atoms with Gasteiger partial charge in [0.15, 0.2) is 0 Å². The minimum absolute atomic E-state index is 0.0923. The Hall–Kier alpha value is -1.80. The lowest BCUT2D eigenvalue weighted by Crippen LogP contribution is -2.46. The van der Waals surface area contributed by atoms with Crippen LogP contribution in [0.3, 0.4) is 0 Å². The van der Waals surface area contributed by atoms with Crippen molar-refractivity contribution in [3.63, 3.8) is 0 Å². The van der Waals surface area contributed by atoms with Crippen LogP contribution in [0.5, 0.6) is 11.5 Å². The highest BCUT2D eigenvalue weighted by Crippen LogP contribution is 2.28. The van der Waals surface area contributed by atoms with Crippen LogP contribution in [0.15, 0.2) is 18.2 Å². The third-order valence-corrected chi connectivity index (χ3v) is 5.98. The van der Waals surface area contributed by atoms with E-state index in [9.17, 15) is 13.2 Å². The summed E-state index contributed by atoms with van der Waals surface area (Å²) < 4.78 is 36.3. The second kappa shape index (κ2) is 9.23. The predicted molar refractivity (Wildman–Crippen MR) is 99.8 cm³/mol. The number of sulfonamides is 1. The molecule has 1 amide bonds. The van der Waals surface area contributed by atoms with Gasteiger partial charge >= 0.3 is 0 Å². The van der Waals surface area contributed by atoms with Gasteiger partial charge in [0.2, 0.25) is 15.9 Å². The number of carbonyl (C=O) groups is 1. The number of nitrogens with one attached hydrogen (secondary N) is 1. The maximum atomic E-state index is 12.4. The van der Waals surface area contributed by atoms with Crippen molar-refractivity contribution in [2.24, 2.45) is 0 Å². The van der Waals surface area contributed by atoms with Gasteiger partial charge in [0.25, 0.3) is 0 Å². The van der Waals surface area contributed by atoms with Gasteiger partial charge in [-0.15, -0.1) is 0 Å². The number of hydrogen-bond donors (Lipinski definition) is 1. The van der Waals surface area contributed by atoms with Gasteiger partial charge in [0.1, 0.15) is 11.5 Å². The van der Waals surface area contributed by atoms with Gasteiger partial charge in [-0.05, 0) is 25.0 Å². The molecule has 1 saturated carbocycles. The average Bonchev–Trinajstić information content (AvgIpc) is 2.63. The molecule has 0 saturated heterocycles. The molecule has 1 aromatic carbocycles. The summed E-state index contributed by atoms with van der Waals surface area (Å²) >= 11 is 0. The molecule has 1 aromatic rings. The van der Waals surface area contributed by atoms with Crippen LogP contribution in [-0.4, -0.2) is 51.7 Å². The van der Waals surface area contributed by atoms with Crippen LogP contribution in [0.1, 0.15) is 37.7 Å². The van der Waals surface area contributed by atoms with Crippen molar-refractivity contribution in [3.8, 4) is 11.5 Å². The molecule has 146 valence electrons. The van der Waals surface area contributed by atoms with E-state index in [1.807, 2.05) is 0 Å². The molecule has 0 heterocycles. The predicted octanol–water partition coefficient (Wildman–Crippen LogP) is 1.91. The van der Waals surface area contributed by atoms with E-state index in [-0.39, 0.29) is 25.0 Å². The van der Waals surface area contributed by atoms with Gasteiger partial charge in [-0.25, -0.2) is 8.42 Å². The Morgan fingerprint density at radius 2 is 1.73 bits per heavy atom. The lowest BCUT2D eigenvalue weighted by Gasteiger charge is -2.31. The second-order valence-corrected chi connectivity index (χ2v) is 8.45. The van der Waals surface area contributed by atoms with Crippen LogP contribution >= 0.6 is 0 Å². The first-order chi connectivity index (χ1) is 12.4. The number of ether oxygens (including phenoxy) is 2. The monoisotopic (exact) mass is 384 g/mol. The van der Waals surface area contributed by atoms with Crippen LogP contribution in [0.2, 0.25) is 0 Å². The normalized spacial score (nSPS) is 15.7. The van der Waals surface area contributed by atoms with Crippen molar-refractivity contribution in [1.29, 1.82) is 0 Å². The number of carbonyl (C=O) groups excluding carboxylic acids is 1. The molecular formula is C18H28N2O5S. The van der Waals surface area contributed by atoms with E-state index in [1.165, 1.54) is 4.31 Å². The molecule has 0 unspecified atom stereocenters. The highest BCUT2D eigenvalue weighted by Gasteiger charge is 2.29. The van der Waals surface area contributed by atoms with Crippen molar-refractivity contribution in [2.45, 2.75) is 44.7 Å². The van der Waals surface area contributed by atoms with Crippen LogP contribution < -0.4 is 14.8 Å². The second-order valence-electron chi connectivity index (χ2n) is 6.52. The zero-order valence-electron chi connectivity index (χ0n) is 15.7. The molecule has 1 fully saturated rings. The standard InChI is InChI=1S/C18H28N2O5S/c1-24-16-10-7-11-17(25-2)15(16)12-19-18(21)13-20(26(3,22)23)14-8-5-4-6-9-14/h7,10-11,14H,4-6,8-9,12-13H2,1-3H3,(H,19,21). The zero-order chi connectivity index (χ0) is 19.2. The van der Waals surface area contributed by atoms with Gasteiger partial charge in [-0.1, -0.05) is 25.3 Å². The third-order valence-electron chi connectivity index (χ3n) is 4.70. The molecular weight excluding hydrogens is 356 g/mol. The van der Waals surface area contributed by atoms with Gasteiger partial charge in [-0.2, -0.15) is 4.31 Å². The molecule has 1 N–H and O–H groups in total. The SMILES string of the molecule is COc1cccc(OC)c1CNC(=O)CN(C1CCCCC1)S(C)(=O)=O. The summed E-state index contributed by atoms with van der Waals surface area (Å²) in [5.74, 6) is 0.878. The Morgan fingerprint density at radius 3 is 2.23 bits per heavy atom. The topological polar surface area (TPSA) is 84.9 Å². The summed E-state index contributed by atoms with van der Waals surface area (Å²) in [5, 5.41) is 2.79.